The van der Waals surface area contributed by atoms with Gasteiger partial charge in [0.2, 0.25) is 0 Å². The van der Waals surface area contributed by atoms with Crippen molar-refractivity contribution in [1.29, 1.82) is 0 Å². The minimum absolute atomic E-state index is 0.0185. The Hall–Kier alpha value is -2.34. The summed E-state index contributed by atoms with van der Waals surface area (Å²) in [6.07, 6.45) is 0.292. The van der Waals surface area contributed by atoms with Crippen LogP contribution in [-0.2, 0) is 0 Å². The van der Waals surface area contributed by atoms with Crippen LogP contribution in [0.4, 0.5) is 0 Å². The standard InChI is InChI=1S/C8H6O4.C4H8O2/c9-7(10)5-1-2-6(4-3-5)8(11)12;1-4(6)2-3-5/h1-4H,(H,9,10)(H,11,12);5-6H,1-3H2. The molecule has 0 aliphatic rings. The van der Waals surface area contributed by atoms with Gasteiger partial charge in [0.25, 0.3) is 0 Å². The van der Waals surface area contributed by atoms with Gasteiger partial charge in [-0.15, -0.1) is 0 Å². The zero-order chi connectivity index (χ0) is 14.1. The monoisotopic (exact) mass is 254 g/mol. The van der Waals surface area contributed by atoms with Crippen LogP contribution >= 0.6 is 0 Å². The Bertz CT molecular complexity index is 388. The van der Waals surface area contributed by atoms with Gasteiger partial charge >= 0.3 is 11.9 Å². The molecule has 0 aliphatic heterocycles. The molecule has 6 heteroatoms. The van der Waals surface area contributed by atoms with Crippen LogP contribution in [0.3, 0.4) is 0 Å². The number of carboxylic acid groups (broad SMARTS) is 2. The number of benzene rings is 1. The highest BCUT2D eigenvalue weighted by molar-refractivity contribution is 5.91. The van der Waals surface area contributed by atoms with Crippen molar-refractivity contribution < 1.29 is 30.0 Å². The molecule has 1 rings (SSSR count). The summed E-state index contributed by atoms with van der Waals surface area (Å²) >= 11 is 0. The largest absolute Gasteiger partial charge is 0.513 e. The predicted octanol–water partition coefficient (Wildman–Crippen LogP) is 1.52. The van der Waals surface area contributed by atoms with E-state index in [1.165, 1.54) is 24.3 Å². The molecule has 98 valence electrons. The number of aliphatic hydroxyl groups is 2. The fourth-order valence-corrected chi connectivity index (χ4v) is 0.884. The molecule has 0 spiro atoms. The molecule has 0 unspecified atom stereocenters. The Kier molecular flexibility index (Phi) is 6.83. The van der Waals surface area contributed by atoms with Gasteiger partial charge in [-0.2, -0.15) is 0 Å². The van der Waals surface area contributed by atoms with Crippen molar-refractivity contribution in [2.45, 2.75) is 6.42 Å². The summed E-state index contributed by atoms with van der Waals surface area (Å²) < 4.78 is 0. The average Bonchev–Trinajstić information content (AvgIpc) is 2.29. The number of hydrogen-bond donors (Lipinski definition) is 4. The molecule has 0 fully saturated rings. The van der Waals surface area contributed by atoms with E-state index in [0.29, 0.717) is 6.42 Å². The number of aromatic carboxylic acids is 2. The van der Waals surface area contributed by atoms with E-state index in [1.54, 1.807) is 0 Å². The molecule has 0 atom stereocenters. The van der Waals surface area contributed by atoms with Crippen molar-refractivity contribution in [3.8, 4) is 0 Å². The van der Waals surface area contributed by atoms with E-state index < -0.39 is 11.9 Å². The van der Waals surface area contributed by atoms with Crippen molar-refractivity contribution in [2.24, 2.45) is 0 Å². The summed E-state index contributed by atoms with van der Waals surface area (Å²) in [6, 6.07) is 5.02. The van der Waals surface area contributed by atoms with Crippen molar-refractivity contribution in [1.82, 2.24) is 0 Å². The molecule has 0 aliphatic carbocycles. The molecule has 4 N–H and O–H groups in total. The van der Waals surface area contributed by atoms with Crippen molar-refractivity contribution in [3.63, 3.8) is 0 Å². The van der Waals surface area contributed by atoms with Gasteiger partial charge < -0.3 is 20.4 Å². The molecule has 0 bridgehead atoms. The summed E-state index contributed by atoms with van der Waals surface area (Å²) in [5, 5.41) is 33.1. The highest BCUT2D eigenvalue weighted by atomic mass is 16.4. The first-order chi connectivity index (χ1) is 8.38. The second-order valence-electron chi connectivity index (χ2n) is 3.23. The van der Waals surface area contributed by atoms with Gasteiger partial charge in [-0.3, -0.25) is 0 Å². The van der Waals surface area contributed by atoms with E-state index in [1.807, 2.05) is 0 Å². The lowest BCUT2D eigenvalue weighted by atomic mass is 10.1. The minimum atomic E-state index is -1.06. The quantitative estimate of drug-likeness (QED) is 0.605. The van der Waals surface area contributed by atoms with E-state index in [4.69, 9.17) is 20.4 Å². The number of carbonyl (C=O) groups is 2. The molecule has 1 aromatic rings. The minimum Gasteiger partial charge on any atom is -0.513 e. The molecular formula is C12H14O6. The maximum Gasteiger partial charge on any atom is 0.335 e. The van der Waals surface area contributed by atoms with Crippen molar-refractivity contribution in [2.75, 3.05) is 6.61 Å². The summed E-state index contributed by atoms with van der Waals surface area (Å²) in [5.41, 5.74) is 0.167. The smallest absolute Gasteiger partial charge is 0.335 e. The lowest BCUT2D eigenvalue weighted by Crippen LogP contribution is -1.99. The van der Waals surface area contributed by atoms with Crippen molar-refractivity contribution in [3.05, 3.63) is 47.7 Å². The Morgan fingerprint density at radius 3 is 1.39 bits per heavy atom. The second-order valence-corrected chi connectivity index (χ2v) is 3.23. The van der Waals surface area contributed by atoms with Crippen LogP contribution in [0, 0.1) is 0 Å². The Morgan fingerprint density at radius 1 is 0.944 bits per heavy atom. The normalized spacial score (nSPS) is 8.94. The van der Waals surface area contributed by atoms with E-state index in [0.717, 1.165) is 0 Å². The van der Waals surface area contributed by atoms with Gasteiger partial charge in [-0.05, 0) is 24.3 Å². The van der Waals surface area contributed by atoms with Crippen LogP contribution < -0.4 is 0 Å². The third-order valence-corrected chi connectivity index (χ3v) is 1.78. The average molecular weight is 254 g/mol. The first-order valence-corrected chi connectivity index (χ1v) is 4.92. The van der Waals surface area contributed by atoms with Crippen LogP contribution in [0.25, 0.3) is 0 Å². The molecule has 0 radical (unpaired) electrons. The number of rotatable bonds is 4. The molecule has 0 amide bonds. The highest BCUT2D eigenvalue weighted by Crippen LogP contribution is 2.03. The van der Waals surface area contributed by atoms with Gasteiger partial charge in [0.05, 0.1) is 23.5 Å². The van der Waals surface area contributed by atoms with Gasteiger partial charge in [0.15, 0.2) is 0 Å². The summed E-state index contributed by atoms with van der Waals surface area (Å²) in [6.45, 7) is 3.12. The third kappa shape index (κ3) is 6.29. The summed E-state index contributed by atoms with van der Waals surface area (Å²) in [7, 11) is 0. The SMILES string of the molecule is C=C(O)CCO.O=C(O)c1ccc(C(=O)O)cc1. The Labute approximate surface area is 103 Å². The lowest BCUT2D eigenvalue weighted by molar-refractivity contribution is 0.0681. The molecule has 0 saturated carbocycles. The number of hydrogen-bond acceptors (Lipinski definition) is 4. The number of carboxylic acids is 2. The molecule has 1 aromatic carbocycles. The van der Waals surface area contributed by atoms with Crippen LogP contribution in [-0.4, -0.2) is 39.0 Å². The Balaban J connectivity index is 0.000000411. The first-order valence-electron chi connectivity index (χ1n) is 4.92. The van der Waals surface area contributed by atoms with Gasteiger partial charge in [-0.25, -0.2) is 9.59 Å². The lowest BCUT2D eigenvalue weighted by Gasteiger charge is -1.94. The van der Waals surface area contributed by atoms with Crippen LogP contribution in [0.5, 0.6) is 0 Å². The first kappa shape index (κ1) is 15.7. The van der Waals surface area contributed by atoms with Gasteiger partial charge in [0.1, 0.15) is 0 Å². The predicted molar refractivity (Wildman–Crippen MR) is 63.8 cm³/mol. The van der Waals surface area contributed by atoms with Crippen LogP contribution in [0.1, 0.15) is 27.1 Å². The van der Waals surface area contributed by atoms with E-state index in [-0.39, 0.29) is 23.5 Å². The van der Waals surface area contributed by atoms with E-state index in [2.05, 4.69) is 6.58 Å². The molecule has 18 heavy (non-hydrogen) atoms. The fraction of sp³-hybridized carbons (Fsp3) is 0.167. The highest BCUT2D eigenvalue weighted by Gasteiger charge is 2.04. The van der Waals surface area contributed by atoms with E-state index in [9.17, 15) is 9.59 Å². The molecule has 0 aromatic heterocycles. The molecule has 0 heterocycles. The van der Waals surface area contributed by atoms with Gasteiger partial charge in [-0.1, -0.05) is 6.58 Å². The Morgan fingerprint density at radius 2 is 1.28 bits per heavy atom. The molecule has 0 saturated heterocycles. The van der Waals surface area contributed by atoms with Crippen LogP contribution in [0.2, 0.25) is 0 Å². The number of aliphatic hydroxyl groups excluding tert-OH is 2. The fourth-order valence-electron chi connectivity index (χ4n) is 0.884. The topological polar surface area (TPSA) is 115 Å². The van der Waals surface area contributed by atoms with E-state index >= 15 is 0 Å². The van der Waals surface area contributed by atoms with Crippen molar-refractivity contribution >= 4 is 11.9 Å². The molecule has 6 nitrogen and oxygen atoms in total. The zero-order valence-electron chi connectivity index (χ0n) is 9.54. The summed E-state index contributed by atoms with van der Waals surface area (Å²) in [5.74, 6) is -2.09. The molecular weight excluding hydrogens is 240 g/mol. The zero-order valence-corrected chi connectivity index (χ0v) is 9.54. The second kappa shape index (κ2) is 7.86. The maximum absolute atomic E-state index is 10.3. The third-order valence-electron chi connectivity index (χ3n) is 1.78. The maximum atomic E-state index is 10.3. The summed E-state index contributed by atoms with van der Waals surface area (Å²) in [4.78, 5) is 20.7. The van der Waals surface area contributed by atoms with Crippen LogP contribution in [0.15, 0.2) is 36.6 Å². The van der Waals surface area contributed by atoms with Gasteiger partial charge in [0, 0.05) is 6.42 Å².